The van der Waals surface area contributed by atoms with E-state index in [4.69, 9.17) is 19.4 Å². The maximum Gasteiger partial charge on any atom is 0.118 e. The summed E-state index contributed by atoms with van der Waals surface area (Å²) in [5.41, 5.74) is 8.66. The van der Waals surface area contributed by atoms with Crippen molar-refractivity contribution in [2.24, 2.45) is 0 Å². The van der Waals surface area contributed by atoms with Crippen LogP contribution in [-0.4, -0.2) is 24.2 Å². The summed E-state index contributed by atoms with van der Waals surface area (Å²) in [4.78, 5) is 9.67. The predicted octanol–water partition coefficient (Wildman–Crippen LogP) is 10.6. The number of benzene rings is 5. The van der Waals surface area contributed by atoms with Crippen LogP contribution in [0.25, 0.3) is 67.0 Å². The Morgan fingerprint density at radius 1 is 0.500 bits per heavy atom. The summed E-state index contributed by atoms with van der Waals surface area (Å²) >= 11 is 3.39. The molecule has 0 aliphatic carbocycles. The fourth-order valence-electron chi connectivity index (χ4n) is 5.19. The van der Waals surface area contributed by atoms with Crippen LogP contribution in [0.3, 0.4) is 0 Å². The number of para-hydroxylation sites is 2. The van der Waals surface area contributed by atoms with E-state index in [1.54, 1.807) is 36.9 Å². The van der Waals surface area contributed by atoms with Gasteiger partial charge in [-0.3, -0.25) is 0 Å². The second kappa shape index (κ2) is 12.3. The monoisotopic (exact) mass is 608 g/mol. The number of methoxy groups -OCH3 is 2. The van der Waals surface area contributed by atoms with E-state index >= 15 is 0 Å². The Balaban J connectivity index is 1.38. The number of ether oxygens (including phenoxy) is 2. The average Bonchev–Trinajstić information content (AvgIpc) is 3.70. The minimum absolute atomic E-state index is 0.825. The van der Waals surface area contributed by atoms with E-state index in [9.17, 15) is 0 Å². The molecule has 6 heteroatoms. The summed E-state index contributed by atoms with van der Waals surface area (Å²) in [5.74, 6) is 1.65. The van der Waals surface area contributed by atoms with Crippen molar-refractivity contribution in [3.05, 3.63) is 130 Å². The first-order chi connectivity index (χ1) is 21.7. The van der Waals surface area contributed by atoms with Crippen molar-refractivity contribution < 1.29 is 9.47 Å². The first kappa shape index (κ1) is 27.8. The molecule has 2 aromatic heterocycles. The molecule has 0 bridgehead atoms. The van der Waals surface area contributed by atoms with Gasteiger partial charge in [0.2, 0.25) is 0 Å². The number of thiazole rings is 2. The molecular weight excluding hydrogens is 581 g/mol. The van der Waals surface area contributed by atoms with E-state index in [2.05, 4.69) is 97.1 Å². The van der Waals surface area contributed by atoms with Gasteiger partial charge in [-0.15, -0.1) is 22.7 Å². The molecule has 7 aromatic rings. The highest BCUT2D eigenvalue weighted by atomic mass is 32.1. The van der Waals surface area contributed by atoms with Gasteiger partial charge in [0.15, 0.2) is 0 Å². The molecule has 0 saturated carbocycles. The van der Waals surface area contributed by atoms with Crippen LogP contribution in [0, 0.1) is 0 Å². The van der Waals surface area contributed by atoms with E-state index in [-0.39, 0.29) is 0 Å². The number of hydrogen-bond acceptors (Lipinski definition) is 6. The number of rotatable bonds is 8. The maximum absolute atomic E-state index is 5.45. The van der Waals surface area contributed by atoms with Gasteiger partial charge in [-0.2, -0.15) is 0 Å². The first-order valence-corrected chi connectivity index (χ1v) is 15.8. The Morgan fingerprint density at radius 3 is 1.30 bits per heavy atom. The Hall–Kier alpha value is -5.04. The minimum Gasteiger partial charge on any atom is -0.497 e. The third kappa shape index (κ3) is 5.78. The van der Waals surface area contributed by atoms with Gasteiger partial charge in [0.1, 0.15) is 21.5 Å². The van der Waals surface area contributed by atoms with Crippen molar-refractivity contribution in [1.82, 2.24) is 9.97 Å². The molecule has 2 heterocycles. The average molecular weight is 609 g/mol. The van der Waals surface area contributed by atoms with Crippen LogP contribution in [0.5, 0.6) is 11.5 Å². The van der Waals surface area contributed by atoms with Crippen LogP contribution in [0.2, 0.25) is 0 Å². The van der Waals surface area contributed by atoms with Crippen molar-refractivity contribution >= 4 is 67.4 Å². The molecule has 0 aliphatic heterocycles. The van der Waals surface area contributed by atoms with Crippen molar-refractivity contribution in [2.75, 3.05) is 14.2 Å². The van der Waals surface area contributed by atoms with E-state index in [0.717, 1.165) is 65.9 Å². The molecule has 0 amide bonds. The largest absolute Gasteiger partial charge is 0.497 e. The summed E-state index contributed by atoms with van der Waals surface area (Å²) in [5, 5.41) is 1.94. The van der Waals surface area contributed by atoms with Crippen molar-refractivity contribution in [3.63, 3.8) is 0 Å². The third-order valence-electron chi connectivity index (χ3n) is 7.46. The Bertz CT molecular complexity index is 1920. The molecule has 0 atom stereocenters. The highest BCUT2D eigenvalue weighted by molar-refractivity contribution is 7.19. The lowest BCUT2D eigenvalue weighted by Crippen LogP contribution is -1.92. The molecule has 4 nitrogen and oxygen atoms in total. The zero-order chi connectivity index (χ0) is 29.9. The Morgan fingerprint density at radius 2 is 0.909 bits per heavy atom. The lowest BCUT2D eigenvalue weighted by molar-refractivity contribution is 0.415. The van der Waals surface area contributed by atoms with Crippen LogP contribution in [0.4, 0.5) is 0 Å². The molecule has 214 valence electrons. The molecule has 0 N–H and O–H groups in total. The maximum atomic E-state index is 5.45. The first-order valence-electron chi connectivity index (χ1n) is 14.2. The SMILES string of the molecule is COc1ccc(-c2cc(/C=C/c3nc4ccccc4s3)c(-c3ccc(OC)cc3)cc2/C=C/c2nc3ccccc3s2)cc1. The third-order valence-corrected chi connectivity index (χ3v) is 9.46. The van der Waals surface area contributed by atoms with Crippen LogP contribution in [-0.2, 0) is 0 Å². The van der Waals surface area contributed by atoms with Gasteiger partial charge < -0.3 is 9.47 Å². The van der Waals surface area contributed by atoms with Gasteiger partial charge >= 0.3 is 0 Å². The van der Waals surface area contributed by atoms with Crippen molar-refractivity contribution in [3.8, 4) is 33.8 Å². The molecule has 44 heavy (non-hydrogen) atoms. The lowest BCUT2D eigenvalue weighted by Gasteiger charge is -2.15. The van der Waals surface area contributed by atoms with E-state index in [1.807, 2.05) is 36.4 Å². The summed E-state index contributed by atoms with van der Waals surface area (Å²) in [7, 11) is 3.38. The predicted molar refractivity (Wildman–Crippen MR) is 188 cm³/mol. The fraction of sp³-hybridized carbons (Fsp3) is 0.0526. The van der Waals surface area contributed by atoms with Gasteiger partial charge in [-0.25, -0.2) is 9.97 Å². The normalized spacial score (nSPS) is 11.7. The number of hydrogen-bond donors (Lipinski definition) is 0. The second-order valence-electron chi connectivity index (χ2n) is 10.2. The van der Waals surface area contributed by atoms with Gasteiger partial charge in [-0.05, 0) is 106 Å². The zero-order valence-corrected chi connectivity index (χ0v) is 25.9. The molecule has 0 fully saturated rings. The fourth-order valence-corrected chi connectivity index (χ4v) is 6.94. The van der Waals surface area contributed by atoms with Crippen LogP contribution in [0.1, 0.15) is 21.1 Å². The minimum atomic E-state index is 0.825. The molecule has 0 radical (unpaired) electrons. The van der Waals surface area contributed by atoms with Crippen LogP contribution in [0.15, 0.2) is 109 Å². The molecule has 0 spiro atoms. The van der Waals surface area contributed by atoms with Gasteiger partial charge in [0.05, 0.1) is 34.7 Å². The zero-order valence-electron chi connectivity index (χ0n) is 24.2. The topological polar surface area (TPSA) is 44.2 Å². The smallest absolute Gasteiger partial charge is 0.118 e. The van der Waals surface area contributed by atoms with Crippen LogP contribution >= 0.6 is 22.7 Å². The van der Waals surface area contributed by atoms with Gasteiger partial charge in [0, 0.05) is 0 Å². The van der Waals surface area contributed by atoms with Gasteiger partial charge in [0.25, 0.3) is 0 Å². The lowest BCUT2D eigenvalue weighted by atomic mass is 9.90. The number of fused-ring (bicyclic) bond motifs is 2. The summed E-state index contributed by atoms with van der Waals surface area (Å²) in [6, 6.07) is 37.5. The Labute approximate surface area is 264 Å². The van der Waals surface area contributed by atoms with Gasteiger partial charge in [-0.1, -0.05) is 60.7 Å². The standard InChI is InChI=1S/C38H28N2O2S2/c1-41-29-17-11-25(12-18-29)31-23-28(16-22-38-40-34-8-4-6-10-36(34)44-38)32(26-13-19-30(42-2)20-14-26)24-27(31)15-21-37-39-33-7-3-5-9-35(33)43-37/h3-24H,1-2H3/b21-15+,22-16+. The highest BCUT2D eigenvalue weighted by Gasteiger charge is 2.13. The summed E-state index contributed by atoms with van der Waals surface area (Å²) < 4.78 is 13.3. The molecule has 0 unspecified atom stereocenters. The summed E-state index contributed by atoms with van der Waals surface area (Å²) in [6.07, 6.45) is 8.57. The molecule has 0 aliphatic rings. The number of aromatic nitrogens is 2. The van der Waals surface area contributed by atoms with Crippen molar-refractivity contribution in [1.29, 1.82) is 0 Å². The van der Waals surface area contributed by atoms with E-state index in [1.165, 1.54) is 9.40 Å². The molecule has 5 aromatic carbocycles. The highest BCUT2D eigenvalue weighted by Crippen LogP contribution is 2.37. The van der Waals surface area contributed by atoms with E-state index < -0.39 is 0 Å². The molecule has 0 saturated heterocycles. The summed E-state index contributed by atoms with van der Waals surface area (Å²) in [6.45, 7) is 0. The Kier molecular flexibility index (Phi) is 7.76. The second-order valence-corrected chi connectivity index (χ2v) is 12.3. The molecular formula is C38H28N2O2S2. The van der Waals surface area contributed by atoms with E-state index in [0.29, 0.717) is 0 Å². The van der Waals surface area contributed by atoms with Crippen LogP contribution < -0.4 is 9.47 Å². The number of nitrogens with zero attached hydrogens (tertiary/aromatic N) is 2. The van der Waals surface area contributed by atoms with Crippen molar-refractivity contribution in [2.45, 2.75) is 0 Å². The molecule has 7 rings (SSSR count). The quantitative estimate of drug-likeness (QED) is 0.172.